The van der Waals surface area contributed by atoms with Gasteiger partial charge in [-0.3, -0.25) is 9.36 Å². The molecule has 0 amide bonds. The lowest BCUT2D eigenvalue weighted by molar-refractivity contribution is 0.417. The lowest BCUT2D eigenvalue weighted by Crippen LogP contribution is -2.17. The Morgan fingerprint density at radius 2 is 2.05 bits per heavy atom. The summed E-state index contributed by atoms with van der Waals surface area (Å²) in [6, 6.07) is 2.28. The van der Waals surface area contributed by atoms with Crippen LogP contribution in [0.2, 0.25) is 0 Å². The van der Waals surface area contributed by atoms with Crippen molar-refractivity contribution < 1.29 is 4.39 Å². The van der Waals surface area contributed by atoms with Crippen LogP contribution in [-0.4, -0.2) is 26.2 Å². The zero-order valence-corrected chi connectivity index (χ0v) is 13.5. The van der Waals surface area contributed by atoms with E-state index in [0.717, 1.165) is 12.2 Å². The fourth-order valence-corrected chi connectivity index (χ4v) is 2.27. The van der Waals surface area contributed by atoms with Gasteiger partial charge < -0.3 is 5.32 Å². The van der Waals surface area contributed by atoms with Crippen LogP contribution in [0.25, 0.3) is 0 Å². The molecule has 0 radical (unpaired) electrons. The molecule has 0 fully saturated rings. The molecule has 0 unspecified atom stereocenters. The summed E-state index contributed by atoms with van der Waals surface area (Å²) < 4.78 is 16.1. The van der Waals surface area contributed by atoms with Gasteiger partial charge in [0.15, 0.2) is 0 Å². The van der Waals surface area contributed by atoms with Gasteiger partial charge in [-0.05, 0) is 26.8 Å². The van der Waals surface area contributed by atoms with Crippen molar-refractivity contribution in [2.24, 2.45) is 0 Å². The van der Waals surface area contributed by atoms with Crippen LogP contribution in [0.4, 0.5) is 4.39 Å². The topological polar surface area (TPSA) is 47.7 Å². The summed E-state index contributed by atoms with van der Waals surface area (Å²) >= 11 is 0. The number of aromatic nitrogens is 4. The highest BCUT2D eigenvalue weighted by molar-refractivity contribution is 5.85. The second-order valence-electron chi connectivity index (χ2n) is 5.13. The predicted octanol–water partition coefficient (Wildman–Crippen LogP) is 2.65. The molecule has 0 aliphatic heterocycles. The van der Waals surface area contributed by atoms with Gasteiger partial charge in [0.2, 0.25) is 0 Å². The minimum atomic E-state index is -0.394. The van der Waals surface area contributed by atoms with Gasteiger partial charge in [0.25, 0.3) is 0 Å². The number of hydrogen-bond donors (Lipinski definition) is 1. The molecule has 0 aromatic carbocycles. The third-order valence-electron chi connectivity index (χ3n) is 3.36. The minimum absolute atomic E-state index is 0. The molecule has 0 atom stereocenters. The smallest absolute Gasteiger partial charge is 0.109 e. The van der Waals surface area contributed by atoms with Crippen molar-refractivity contribution >= 4 is 12.4 Å². The molecule has 2 aromatic heterocycles. The Labute approximate surface area is 130 Å². The van der Waals surface area contributed by atoms with Crippen molar-refractivity contribution in [3.63, 3.8) is 0 Å². The molecule has 21 heavy (non-hydrogen) atoms. The maximum atomic E-state index is 12.4. The van der Waals surface area contributed by atoms with E-state index in [1.807, 2.05) is 16.9 Å². The van der Waals surface area contributed by atoms with E-state index in [0.29, 0.717) is 19.1 Å². The van der Waals surface area contributed by atoms with Crippen molar-refractivity contribution in [1.29, 1.82) is 0 Å². The summed E-state index contributed by atoms with van der Waals surface area (Å²) in [5.41, 5.74) is 3.37. The van der Waals surface area contributed by atoms with Crippen molar-refractivity contribution in [3.8, 4) is 0 Å². The van der Waals surface area contributed by atoms with E-state index in [2.05, 4.69) is 36.3 Å². The zero-order valence-electron chi connectivity index (χ0n) is 12.7. The van der Waals surface area contributed by atoms with Crippen LogP contribution in [0.15, 0.2) is 18.5 Å². The average Bonchev–Trinajstić information content (AvgIpc) is 2.98. The van der Waals surface area contributed by atoms with Gasteiger partial charge in [0.05, 0.1) is 18.4 Å². The van der Waals surface area contributed by atoms with Crippen LogP contribution in [0, 0.1) is 6.92 Å². The average molecular weight is 316 g/mol. The summed E-state index contributed by atoms with van der Waals surface area (Å²) in [6.07, 6.45) is 3.61. The van der Waals surface area contributed by atoms with Crippen molar-refractivity contribution in [2.45, 2.75) is 46.4 Å². The molecule has 0 saturated heterocycles. The molecule has 0 saturated carbocycles. The molecular weight excluding hydrogens is 293 g/mol. The zero-order chi connectivity index (χ0) is 14.5. The maximum absolute atomic E-state index is 12.4. The molecule has 0 aliphatic rings. The molecule has 1 N–H and O–H groups in total. The first kappa shape index (κ1) is 17.7. The van der Waals surface area contributed by atoms with Gasteiger partial charge in [-0.15, -0.1) is 12.4 Å². The highest BCUT2D eigenvalue weighted by Crippen LogP contribution is 2.12. The largest absolute Gasteiger partial charge is 0.307 e. The summed E-state index contributed by atoms with van der Waals surface area (Å²) in [7, 11) is 0. The monoisotopic (exact) mass is 315 g/mol. The van der Waals surface area contributed by atoms with Crippen LogP contribution in [0.5, 0.6) is 0 Å². The molecule has 2 aromatic rings. The van der Waals surface area contributed by atoms with Crippen molar-refractivity contribution in [2.75, 3.05) is 6.67 Å². The number of rotatable bonds is 7. The Hall–Kier alpha value is -1.40. The third kappa shape index (κ3) is 4.28. The molecule has 7 heteroatoms. The Kier molecular flexibility index (Phi) is 6.84. The molecule has 2 heterocycles. The van der Waals surface area contributed by atoms with Crippen molar-refractivity contribution in [1.82, 2.24) is 24.9 Å². The molecular formula is C14H23ClFN5. The fraction of sp³-hybridized carbons (Fsp3) is 0.571. The first-order valence-electron chi connectivity index (χ1n) is 6.93. The number of alkyl halides is 1. The van der Waals surface area contributed by atoms with Crippen LogP contribution in [-0.2, 0) is 19.6 Å². The number of halogens is 2. The Bertz CT molecular complexity index is 549. The lowest BCUT2D eigenvalue weighted by atomic mass is 10.2. The van der Waals surface area contributed by atoms with Gasteiger partial charge in [-0.25, -0.2) is 4.39 Å². The predicted molar refractivity (Wildman–Crippen MR) is 83.3 cm³/mol. The second-order valence-corrected chi connectivity index (χ2v) is 5.13. The second kappa shape index (κ2) is 8.14. The Balaban J connectivity index is 0.00000220. The van der Waals surface area contributed by atoms with E-state index in [4.69, 9.17) is 0 Å². The van der Waals surface area contributed by atoms with E-state index in [9.17, 15) is 4.39 Å². The van der Waals surface area contributed by atoms with Gasteiger partial charge >= 0.3 is 0 Å². The summed E-state index contributed by atoms with van der Waals surface area (Å²) in [4.78, 5) is 0. The van der Waals surface area contributed by atoms with Gasteiger partial charge in [0.1, 0.15) is 6.67 Å². The first-order valence-corrected chi connectivity index (χ1v) is 6.93. The molecule has 0 aliphatic carbocycles. The highest BCUT2D eigenvalue weighted by atomic mass is 35.5. The molecule has 0 bridgehead atoms. The SMILES string of the molecule is Cc1c(CNCc2ccnn2CCF)cnn1C(C)C.Cl. The van der Waals surface area contributed by atoms with E-state index < -0.39 is 6.67 Å². The summed E-state index contributed by atoms with van der Waals surface area (Å²) in [5, 5.41) is 11.8. The van der Waals surface area contributed by atoms with E-state index in [-0.39, 0.29) is 12.4 Å². The number of aryl methyl sites for hydroxylation is 1. The molecule has 0 spiro atoms. The van der Waals surface area contributed by atoms with Crippen LogP contribution >= 0.6 is 12.4 Å². The van der Waals surface area contributed by atoms with E-state index in [1.165, 1.54) is 11.3 Å². The van der Waals surface area contributed by atoms with Crippen LogP contribution < -0.4 is 5.32 Å². The quantitative estimate of drug-likeness (QED) is 0.854. The highest BCUT2D eigenvalue weighted by Gasteiger charge is 2.09. The van der Waals surface area contributed by atoms with Crippen molar-refractivity contribution in [3.05, 3.63) is 35.4 Å². The minimum Gasteiger partial charge on any atom is -0.307 e. The molecule has 2 rings (SSSR count). The van der Waals surface area contributed by atoms with Gasteiger partial charge in [0, 0.05) is 36.6 Å². The van der Waals surface area contributed by atoms with Gasteiger partial charge in [-0.1, -0.05) is 0 Å². The first-order chi connectivity index (χ1) is 9.63. The summed E-state index contributed by atoms with van der Waals surface area (Å²) in [6.45, 7) is 7.66. The third-order valence-corrected chi connectivity index (χ3v) is 3.36. The fourth-order valence-electron chi connectivity index (χ4n) is 2.27. The van der Waals surface area contributed by atoms with Crippen LogP contribution in [0.3, 0.4) is 0 Å². The summed E-state index contributed by atoms with van der Waals surface area (Å²) in [5.74, 6) is 0. The number of nitrogens with zero attached hydrogens (tertiary/aromatic N) is 4. The Morgan fingerprint density at radius 3 is 2.67 bits per heavy atom. The normalized spacial score (nSPS) is 10.9. The molecule has 5 nitrogen and oxygen atoms in total. The number of hydrogen-bond acceptors (Lipinski definition) is 3. The number of nitrogens with one attached hydrogen (secondary N) is 1. The lowest BCUT2D eigenvalue weighted by Gasteiger charge is -2.10. The van der Waals surface area contributed by atoms with Gasteiger partial charge in [-0.2, -0.15) is 10.2 Å². The standard InChI is InChI=1S/C14H22FN5.ClH/c1-11(2)20-12(3)13(9-18-20)8-16-10-14-4-6-17-19(14)7-5-15;/h4,6,9,11,16H,5,7-8,10H2,1-3H3;1H. The van der Waals surface area contributed by atoms with E-state index >= 15 is 0 Å². The van der Waals surface area contributed by atoms with Crippen LogP contribution in [0.1, 0.15) is 36.8 Å². The Morgan fingerprint density at radius 1 is 1.29 bits per heavy atom. The maximum Gasteiger partial charge on any atom is 0.109 e. The molecule has 118 valence electrons. The van der Waals surface area contributed by atoms with E-state index in [1.54, 1.807) is 10.9 Å².